The number of benzene rings is 1. The Kier molecular flexibility index (Phi) is 2.97. The molecule has 0 saturated heterocycles. The molecule has 0 saturated carbocycles. The van der Waals surface area contributed by atoms with Crippen LogP contribution in [-0.4, -0.2) is 16.4 Å². The third kappa shape index (κ3) is 2.80. The molecule has 0 bridgehead atoms. The molecule has 2 aromatic rings. The van der Waals surface area contributed by atoms with Gasteiger partial charge in [-0.2, -0.15) is 5.10 Å². The maximum Gasteiger partial charge on any atom is 0.126 e. The molecule has 0 aliphatic rings. The summed E-state index contributed by atoms with van der Waals surface area (Å²) in [6, 6.07) is 7.95. The third-order valence-electron chi connectivity index (χ3n) is 1.94. The van der Waals surface area contributed by atoms with Crippen molar-refractivity contribution in [3.63, 3.8) is 0 Å². The van der Waals surface area contributed by atoms with E-state index in [0.717, 1.165) is 0 Å². The molecule has 1 heterocycles. The van der Waals surface area contributed by atoms with E-state index in [1.807, 2.05) is 12.3 Å². The predicted molar refractivity (Wildman–Crippen MR) is 54.1 cm³/mol. The normalized spacial score (nSPS) is 10.2. The lowest BCUT2D eigenvalue weighted by Gasteiger charge is -2.05. The molecule has 1 aromatic carbocycles. The summed E-state index contributed by atoms with van der Waals surface area (Å²) in [7, 11) is 0. The summed E-state index contributed by atoms with van der Waals surface area (Å²) in [6.45, 7) is 1.13. The van der Waals surface area contributed by atoms with E-state index in [2.05, 4.69) is 5.10 Å². The van der Waals surface area contributed by atoms with Gasteiger partial charge in [-0.25, -0.2) is 4.39 Å². The first-order chi connectivity index (χ1) is 7.34. The molecule has 0 atom stereocenters. The Balaban J connectivity index is 1.83. The molecule has 0 aliphatic carbocycles. The molecular weight excluding hydrogens is 195 g/mol. The zero-order valence-corrected chi connectivity index (χ0v) is 8.14. The van der Waals surface area contributed by atoms with Crippen molar-refractivity contribution >= 4 is 0 Å². The van der Waals surface area contributed by atoms with E-state index in [9.17, 15) is 4.39 Å². The molecule has 78 valence electrons. The number of hydrogen-bond acceptors (Lipinski definition) is 2. The minimum absolute atomic E-state index is 0.286. The van der Waals surface area contributed by atoms with Gasteiger partial charge in [0.1, 0.15) is 18.2 Å². The Hall–Kier alpha value is -1.84. The first kappa shape index (κ1) is 9.71. The summed E-state index contributed by atoms with van der Waals surface area (Å²) in [4.78, 5) is 0. The van der Waals surface area contributed by atoms with Crippen LogP contribution < -0.4 is 4.74 Å². The minimum Gasteiger partial charge on any atom is -0.492 e. The van der Waals surface area contributed by atoms with Crippen molar-refractivity contribution in [1.29, 1.82) is 0 Å². The van der Waals surface area contributed by atoms with Crippen LogP contribution in [0, 0.1) is 5.82 Å². The molecule has 3 nitrogen and oxygen atoms in total. The van der Waals surface area contributed by atoms with Gasteiger partial charge in [0.05, 0.1) is 6.54 Å². The molecular formula is C11H11FN2O. The van der Waals surface area contributed by atoms with E-state index in [-0.39, 0.29) is 5.82 Å². The van der Waals surface area contributed by atoms with Crippen LogP contribution in [0.1, 0.15) is 0 Å². The van der Waals surface area contributed by atoms with Crippen molar-refractivity contribution in [2.75, 3.05) is 6.61 Å². The fourth-order valence-corrected chi connectivity index (χ4v) is 1.25. The zero-order chi connectivity index (χ0) is 10.5. The highest BCUT2D eigenvalue weighted by Gasteiger charge is 1.96. The second-order valence-electron chi connectivity index (χ2n) is 3.07. The summed E-state index contributed by atoms with van der Waals surface area (Å²) in [5.41, 5.74) is 0. The fourth-order valence-electron chi connectivity index (χ4n) is 1.25. The Morgan fingerprint density at radius 3 is 3.00 bits per heavy atom. The molecule has 0 radical (unpaired) electrons. The van der Waals surface area contributed by atoms with E-state index in [1.165, 1.54) is 12.1 Å². The zero-order valence-electron chi connectivity index (χ0n) is 8.14. The van der Waals surface area contributed by atoms with Crippen molar-refractivity contribution in [3.8, 4) is 5.75 Å². The number of rotatable bonds is 4. The van der Waals surface area contributed by atoms with E-state index < -0.39 is 0 Å². The summed E-state index contributed by atoms with van der Waals surface area (Å²) in [5, 5.41) is 4.03. The monoisotopic (exact) mass is 206 g/mol. The van der Waals surface area contributed by atoms with Crippen LogP contribution in [0.15, 0.2) is 42.7 Å². The van der Waals surface area contributed by atoms with Crippen LogP contribution in [0.3, 0.4) is 0 Å². The average Bonchev–Trinajstić information content (AvgIpc) is 2.71. The minimum atomic E-state index is -0.286. The van der Waals surface area contributed by atoms with Crippen LogP contribution in [-0.2, 0) is 6.54 Å². The lowest BCUT2D eigenvalue weighted by molar-refractivity contribution is 0.290. The largest absolute Gasteiger partial charge is 0.492 e. The third-order valence-corrected chi connectivity index (χ3v) is 1.94. The van der Waals surface area contributed by atoms with Crippen molar-refractivity contribution in [2.24, 2.45) is 0 Å². The van der Waals surface area contributed by atoms with E-state index in [0.29, 0.717) is 18.9 Å². The molecule has 1 aromatic heterocycles. The number of nitrogens with zero attached hydrogens (tertiary/aromatic N) is 2. The maximum absolute atomic E-state index is 12.8. The van der Waals surface area contributed by atoms with Gasteiger partial charge in [0.2, 0.25) is 0 Å². The predicted octanol–water partition coefficient (Wildman–Crippen LogP) is 2.10. The summed E-state index contributed by atoms with van der Waals surface area (Å²) in [5.74, 6) is 0.258. The van der Waals surface area contributed by atoms with Crippen molar-refractivity contribution in [2.45, 2.75) is 6.54 Å². The smallest absolute Gasteiger partial charge is 0.126 e. The van der Waals surface area contributed by atoms with Gasteiger partial charge in [-0.15, -0.1) is 0 Å². The van der Waals surface area contributed by atoms with E-state index >= 15 is 0 Å². The van der Waals surface area contributed by atoms with Crippen LogP contribution in [0.2, 0.25) is 0 Å². The van der Waals surface area contributed by atoms with Gasteiger partial charge in [-0.3, -0.25) is 4.68 Å². The number of halogens is 1. The van der Waals surface area contributed by atoms with Gasteiger partial charge < -0.3 is 4.74 Å². The molecule has 0 amide bonds. The molecule has 4 heteroatoms. The average molecular weight is 206 g/mol. The van der Waals surface area contributed by atoms with Crippen LogP contribution in [0.5, 0.6) is 5.75 Å². The van der Waals surface area contributed by atoms with Crippen molar-refractivity contribution in [1.82, 2.24) is 9.78 Å². The maximum atomic E-state index is 12.8. The number of ether oxygens (including phenoxy) is 1. The van der Waals surface area contributed by atoms with Gasteiger partial charge in [-0.1, -0.05) is 6.07 Å². The summed E-state index contributed by atoms with van der Waals surface area (Å²) >= 11 is 0. The van der Waals surface area contributed by atoms with Crippen LogP contribution in [0.4, 0.5) is 4.39 Å². The SMILES string of the molecule is Fc1cccc(OCCn2cccn2)c1. The molecule has 0 fully saturated rings. The quantitative estimate of drug-likeness (QED) is 0.766. The van der Waals surface area contributed by atoms with Crippen LogP contribution in [0.25, 0.3) is 0 Å². The topological polar surface area (TPSA) is 27.1 Å². The second kappa shape index (κ2) is 4.59. The lowest BCUT2D eigenvalue weighted by atomic mass is 10.3. The fraction of sp³-hybridized carbons (Fsp3) is 0.182. The van der Waals surface area contributed by atoms with Crippen molar-refractivity contribution in [3.05, 3.63) is 48.5 Å². The van der Waals surface area contributed by atoms with E-state index in [1.54, 1.807) is 23.0 Å². The highest BCUT2D eigenvalue weighted by molar-refractivity contribution is 5.22. The number of aromatic nitrogens is 2. The Bertz CT molecular complexity index is 414. The van der Waals surface area contributed by atoms with Gasteiger partial charge >= 0.3 is 0 Å². The Morgan fingerprint density at radius 2 is 2.27 bits per heavy atom. The van der Waals surface area contributed by atoms with Gasteiger partial charge in [-0.05, 0) is 18.2 Å². The molecule has 0 spiro atoms. The summed E-state index contributed by atoms with van der Waals surface area (Å²) in [6.07, 6.45) is 3.57. The molecule has 15 heavy (non-hydrogen) atoms. The molecule has 0 N–H and O–H groups in total. The van der Waals surface area contributed by atoms with Gasteiger partial charge in [0, 0.05) is 18.5 Å². The molecule has 0 aliphatic heterocycles. The Morgan fingerprint density at radius 1 is 1.33 bits per heavy atom. The number of hydrogen-bond donors (Lipinski definition) is 0. The standard InChI is InChI=1S/C11H11FN2O/c12-10-3-1-4-11(9-10)15-8-7-14-6-2-5-13-14/h1-6,9H,7-8H2. The van der Waals surface area contributed by atoms with Crippen LogP contribution >= 0.6 is 0 Å². The van der Waals surface area contributed by atoms with E-state index in [4.69, 9.17) is 4.74 Å². The van der Waals surface area contributed by atoms with Gasteiger partial charge in [0.15, 0.2) is 0 Å². The molecule has 0 unspecified atom stereocenters. The Labute approximate surface area is 87.1 Å². The summed E-state index contributed by atoms with van der Waals surface area (Å²) < 4.78 is 19.9. The first-order valence-corrected chi connectivity index (χ1v) is 4.70. The van der Waals surface area contributed by atoms with Crippen molar-refractivity contribution < 1.29 is 9.13 Å². The lowest BCUT2D eigenvalue weighted by Crippen LogP contribution is -2.08. The highest BCUT2D eigenvalue weighted by atomic mass is 19.1. The first-order valence-electron chi connectivity index (χ1n) is 4.70. The highest BCUT2D eigenvalue weighted by Crippen LogP contribution is 2.11. The second-order valence-corrected chi connectivity index (χ2v) is 3.07. The van der Waals surface area contributed by atoms with Gasteiger partial charge in [0.25, 0.3) is 0 Å². The molecule has 2 rings (SSSR count).